The molecular formula is C22H28N2O3. The van der Waals surface area contributed by atoms with Gasteiger partial charge in [-0.3, -0.25) is 4.79 Å². The molecule has 3 rings (SSSR count). The van der Waals surface area contributed by atoms with E-state index in [9.17, 15) is 4.79 Å². The molecule has 1 saturated carbocycles. The summed E-state index contributed by atoms with van der Waals surface area (Å²) in [5.74, 6) is 0.927. The van der Waals surface area contributed by atoms with Crippen LogP contribution in [-0.2, 0) is 16.1 Å². The third-order valence-corrected chi connectivity index (χ3v) is 4.79. The molecule has 0 aliphatic heterocycles. The molecule has 2 unspecified atom stereocenters. The van der Waals surface area contributed by atoms with Crippen LogP contribution >= 0.6 is 0 Å². The first-order valence-electron chi connectivity index (χ1n) is 9.61. The lowest BCUT2D eigenvalue weighted by Gasteiger charge is -2.25. The van der Waals surface area contributed by atoms with E-state index >= 15 is 0 Å². The summed E-state index contributed by atoms with van der Waals surface area (Å²) in [6, 6.07) is 17.6. The van der Waals surface area contributed by atoms with E-state index in [4.69, 9.17) is 15.2 Å². The summed E-state index contributed by atoms with van der Waals surface area (Å²) in [6.07, 6.45) is 3.74. The van der Waals surface area contributed by atoms with Gasteiger partial charge in [0.2, 0.25) is 5.91 Å². The second-order valence-corrected chi connectivity index (χ2v) is 7.03. The maximum Gasteiger partial charge on any atom is 0.227 e. The maximum atomic E-state index is 12.4. The number of benzene rings is 2. The van der Waals surface area contributed by atoms with Crippen LogP contribution in [0.1, 0.15) is 31.2 Å². The molecule has 5 heteroatoms. The van der Waals surface area contributed by atoms with E-state index in [1.165, 1.54) is 0 Å². The fourth-order valence-corrected chi connectivity index (χ4v) is 3.37. The smallest absolute Gasteiger partial charge is 0.227 e. The van der Waals surface area contributed by atoms with Gasteiger partial charge in [0.15, 0.2) is 0 Å². The molecule has 0 spiro atoms. The lowest BCUT2D eigenvalue weighted by molar-refractivity contribution is -0.120. The molecule has 2 aromatic carbocycles. The van der Waals surface area contributed by atoms with Gasteiger partial charge < -0.3 is 20.5 Å². The van der Waals surface area contributed by atoms with Crippen LogP contribution in [0.25, 0.3) is 0 Å². The van der Waals surface area contributed by atoms with Crippen molar-refractivity contribution in [3.05, 3.63) is 60.2 Å². The molecular weight excluding hydrogens is 340 g/mol. The molecule has 5 nitrogen and oxygen atoms in total. The van der Waals surface area contributed by atoms with Gasteiger partial charge in [0.05, 0.1) is 13.2 Å². The van der Waals surface area contributed by atoms with Crippen LogP contribution in [-0.4, -0.2) is 25.2 Å². The Bertz CT molecular complexity index is 721. The average Bonchev–Trinajstić information content (AvgIpc) is 2.69. The Morgan fingerprint density at radius 1 is 1.07 bits per heavy atom. The Balaban J connectivity index is 1.41. The molecule has 1 aliphatic rings. The molecule has 27 heavy (non-hydrogen) atoms. The number of carbonyl (C=O) groups is 1. The van der Waals surface area contributed by atoms with E-state index in [0.29, 0.717) is 19.8 Å². The third kappa shape index (κ3) is 6.38. The topological polar surface area (TPSA) is 73.6 Å². The van der Waals surface area contributed by atoms with Gasteiger partial charge in [-0.05, 0) is 49.1 Å². The quantitative estimate of drug-likeness (QED) is 0.696. The Labute approximate surface area is 160 Å². The highest BCUT2D eigenvalue weighted by Crippen LogP contribution is 2.24. The zero-order valence-corrected chi connectivity index (χ0v) is 15.6. The highest BCUT2D eigenvalue weighted by atomic mass is 16.5. The average molecular weight is 368 g/mol. The standard InChI is InChI=1S/C22H28N2O3/c23-19-8-5-7-18(15-19)22(25)24-20-9-4-6-17(14-20)16-26-12-13-27-21-10-2-1-3-11-21/h1-4,6,9-11,14,18-19H,5,7-8,12-13,15-16,23H2,(H,24,25). The second kappa shape index (κ2) is 10.1. The van der Waals surface area contributed by atoms with Gasteiger partial charge >= 0.3 is 0 Å². The van der Waals surface area contributed by atoms with Crippen LogP contribution in [0.4, 0.5) is 5.69 Å². The third-order valence-electron chi connectivity index (χ3n) is 4.79. The number of hydrogen-bond acceptors (Lipinski definition) is 4. The predicted molar refractivity (Wildman–Crippen MR) is 107 cm³/mol. The first kappa shape index (κ1) is 19.4. The van der Waals surface area contributed by atoms with E-state index < -0.39 is 0 Å². The van der Waals surface area contributed by atoms with Gasteiger partial charge in [-0.15, -0.1) is 0 Å². The van der Waals surface area contributed by atoms with Crippen molar-refractivity contribution in [1.82, 2.24) is 0 Å². The number of carbonyl (C=O) groups excluding carboxylic acids is 1. The number of nitrogens with two attached hydrogens (primary N) is 1. The van der Waals surface area contributed by atoms with Crippen LogP contribution in [0.15, 0.2) is 54.6 Å². The van der Waals surface area contributed by atoms with Crippen LogP contribution < -0.4 is 15.8 Å². The van der Waals surface area contributed by atoms with Gasteiger partial charge in [-0.1, -0.05) is 36.8 Å². The number of anilines is 1. The number of hydrogen-bond donors (Lipinski definition) is 2. The van der Waals surface area contributed by atoms with Crippen molar-refractivity contribution in [2.45, 2.75) is 38.3 Å². The van der Waals surface area contributed by atoms with Gasteiger partial charge in [0.25, 0.3) is 0 Å². The number of para-hydroxylation sites is 1. The van der Waals surface area contributed by atoms with Crippen molar-refractivity contribution in [1.29, 1.82) is 0 Å². The van der Waals surface area contributed by atoms with Crippen molar-refractivity contribution in [3.63, 3.8) is 0 Å². The van der Waals surface area contributed by atoms with Gasteiger partial charge in [-0.25, -0.2) is 0 Å². The monoisotopic (exact) mass is 368 g/mol. The lowest BCUT2D eigenvalue weighted by atomic mass is 9.85. The molecule has 0 radical (unpaired) electrons. The molecule has 1 amide bonds. The van der Waals surface area contributed by atoms with Crippen molar-refractivity contribution in [2.24, 2.45) is 11.7 Å². The molecule has 2 atom stereocenters. The van der Waals surface area contributed by atoms with Crippen molar-refractivity contribution >= 4 is 11.6 Å². The molecule has 0 heterocycles. The first-order valence-corrected chi connectivity index (χ1v) is 9.61. The summed E-state index contributed by atoms with van der Waals surface area (Å²) in [5.41, 5.74) is 7.82. The first-order chi connectivity index (χ1) is 13.2. The lowest BCUT2D eigenvalue weighted by Crippen LogP contribution is -2.34. The molecule has 3 N–H and O–H groups in total. The summed E-state index contributed by atoms with van der Waals surface area (Å²) < 4.78 is 11.3. The summed E-state index contributed by atoms with van der Waals surface area (Å²) in [5, 5.41) is 3.02. The zero-order chi connectivity index (χ0) is 18.9. The zero-order valence-electron chi connectivity index (χ0n) is 15.6. The maximum absolute atomic E-state index is 12.4. The summed E-state index contributed by atoms with van der Waals surface area (Å²) in [4.78, 5) is 12.4. The van der Waals surface area contributed by atoms with E-state index in [1.807, 2.05) is 54.6 Å². The van der Waals surface area contributed by atoms with Crippen LogP contribution in [0.3, 0.4) is 0 Å². The normalized spacial score (nSPS) is 19.4. The minimum absolute atomic E-state index is 0.0174. The molecule has 1 aliphatic carbocycles. The van der Waals surface area contributed by atoms with Crippen LogP contribution in [0, 0.1) is 5.92 Å². The SMILES string of the molecule is NC1CCCC(C(=O)Nc2cccc(COCCOc3ccccc3)c2)C1. The summed E-state index contributed by atoms with van der Waals surface area (Å²) in [7, 11) is 0. The number of rotatable bonds is 8. The molecule has 1 fully saturated rings. The molecule has 2 aromatic rings. The van der Waals surface area contributed by atoms with E-state index in [2.05, 4.69) is 5.32 Å². The highest BCUT2D eigenvalue weighted by molar-refractivity contribution is 5.92. The highest BCUT2D eigenvalue weighted by Gasteiger charge is 2.25. The van der Waals surface area contributed by atoms with Gasteiger partial charge in [0, 0.05) is 17.6 Å². The van der Waals surface area contributed by atoms with Crippen molar-refractivity contribution in [2.75, 3.05) is 18.5 Å². The largest absolute Gasteiger partial charge is 0.491 e. The predicted octanol–water partition coefficient (Wildman–Crippen LogP) is 3.74. The Morgan fingerprint density at radius 3 is 2.74 bits per heavy atom. The summed E-state index contributed by atoms with van der Waals surface area (Å²) >= 11 is 0. The number of nitrogens with one attached hydrogen (secondary N) is 1. The van der Waals surface area contributed by atoms with Gasteiger partial charge in [-0.2, -0.15) is 0 Å². The fraction of sp³-hybridized carbons (Fsp3) is 0.409. The number of amides is 1. The van der Waals surface area contributed by atoms with Crippen LogP contribution in [0.2, 0.25) is 0 Å². The van der Waals surface area contributed by atoms with E-state index in [-0.39, 0.29) is 17.9 Å². The van der Waals surface area contributed by atoms with Gasteiger partial charge in [0.1, 0.15) is 12.4 Å². The Morgan fingerprint density at radius 2 is 1.93 bits per heavy atom. The minimum Gasteiger partial charge on any atom is -0.491 e. The summed E-state index contributed by atoms with van der Waals surface area (Å²) in [6.45, 7) is 1.49. The minimum atomic E-state index is 0.0174. The second-order valence-electron chi connectivity index (χ2n) is 7.03. The molecule has 0 bridgehead atoms. The Kier molecular flexibility index (Phi) is 7.25. The molecule has 0 aromatic heterocycles. The molecule has 144 valence electrons. The van der Waals surface area contributed by atoms with Crippen molar-refractivity contribution in [3.8, 4) is 5.75 Å². The molecule has 0 saturated heterocycles. The van der Waals surface area contributed by atoms with E-state index in [1.54, 1.807) is 0 Å². The van der Waals surface area contributed by atoms with E-state index in [0.717, 1.165) is 42.7 Å². The van der Waals surface area contributed by atoms with Crippen LogP contribution in [0.5, 0.6) is 5.75 Å². The number of ether oxygens (including phenoxy) is 2. The fourth-order valence-electron chi connectivity index (χ4n) is 3.37. The van der Waals surface area contributed by atoms with Crippen molar-refractivity contribution < 1.29 is 14.3 Å². The Hall–Kier alpha value is -2.37.